The van der Waals surface area contributed by atoms with Crippen LogP contribution in [0.4, 0.5) is 5.69 Å². The van der Waals surface area contributed by atoms with E-state index >= 15 is 0 Å². The van der Waals surface area contributed by atoms with Crippen LogP contribution in [0.2, 0.25) is 0 Å². The first kappa shape index (κ1) is 28.8. The molecule has 0 saturated heterocycles. The average molecular weight is 567 g/mol. The molecule has 0 aliphatic rings. The van der Waals surface area contributed by atoms with Crippen molar-refractivity contribution in [3.05, 3.63) is 63.6 Å². The predicted octanol–water partition coefficient (Wildman–Crippen LogP) is 4.56. The van der Waals surface area contributed by atoms with Gasteiger partial charge in [-0.15, -0.1) is 0 Å². The van der Waals surface area contributed by atoms with E-state index < -0.39 is 16.1 Å². The number of hydrogen-bond donors (Lipinski definition) is 1. The topological polar surface area (TPSA) is 86.8 Å². The minimum Gasteiger partial charge on any atom is -0.354 e. The van der Waals surface area contributed by atoms with Gasteiger partial charge in [-0.2, -0.15) is 0 Å². The van der Waals surface area contributed by atoms with Crippen LogP contribution in [-0.4, -0.2) is 50.5 Å². The second-order valence-corrected chi connectivity index (χ2v) is 11.7. The minimum absolute atomic E-state index is 0.121. The average Bonchev–Trinajstić information content (AvgIpc) is 2.76. The number of benzene rings is 2. The lowest BCUT2D eigenvalue weighted by atomic mass is 10.1. The Labute approximate surface area is 218 Å². The number of nitrogens with zero attached hydrogens (tertiary/aromatic N) is 2. The molecule has 0 unspecified atom stereocenters. The van der Waals surface area contributed by atoms with Crippen molar-refractivity contribution in [1.82, 2.24) is 10.2 Å². The summed E-state index contributed by atoms with van der Waals surface area (Å²) in [6, 6.07) is 12.6. The van der Waals surface area contributed by atoms with Crippen molar-refractivity contribution in [1.29, 1.82) is 0 Å². The van der Waals surface area contributed by atoms with E-state index in [4.69, 9.17) is 0 Å². The third-order valence-corrected chi connectivity index (χ3v) is 7.29. The Morgan fingerprint density at radius 2 is 1.74 bits per heavy atom. The summed E-state index contributed by atoms with van der Waals surface area (Å²) >= 11 is 3.45. The predicted molar refractivity (Wildman–Crippen MR) is 145 cm³/mol. The van der Waals surface area contributed by atoms with Crippen LogP contribution in [-0.2, 0) is 26.2 Å². The number of hydrogen-bond acceptors (Lipinski definition) is 4. The van der Waals surface area contributed by atoms with Crippen LogP contribution in [0.5, 0.6) is 0 Å². The highest BCUT2D eigenvalue weighted by atomic mass is 79.9. The lowest BCUT2D eigenvalue weighted by Gasteiger charge is -2.29. The summed E-state index contributed by atoms with van der Waals surface area (Å²) < 4.78 is 27.3. The van der Waals surface area contributed by atoms with Gasteiger partial charge in [0.1, 0.15) is 6.04 Å². The zero-order valence-corrected chi connectivity index (χ0v) is 23.6. The maximum absolute atomic E-state index is 13.3. The van der Waals surface area contributed by atoms with Crippen molar-refractivity contribution in [2.45, 2.75) is 59.5 Å². The number of anilines is 1. The Kier molecular flexibility index (Phi) is 10.8. The highest BCUT2D eigenvalue weighted by molar-refractivity contribution is 9.10. The van der Waals surface area contributed by atoms with Crippen LogP contribution in [0, 0.1) is 13.8 Å². The van der Waals surface area contributed by atoms with E-state index in [2.05, 4.69) is 21.2 Å². The molecule has 1 atom stereocenters. The molecule has 9 heteroatoms. The zero-order valence-electron chi connectivity index (χ0n) is 21.2. The molecule has 2 amide bonds. The van der Waals surface area contributed by atoms with Crippen LogP contribution in [0.3, 0.4) is 0 Å². The maximum Gasteiger partial charge on any atom is 0.242 e. The van der Waals surface area contributed by atoms with Gasteiger partial charge in [-0.25, -0.2) is 8.42 Å². The molecule has 0 bridgehead atoms. The summed E-state index contributed by atoms with van der Waals surface area (Å²) in [6.45, 7) is 8.54. The van der Waals surface area contributed by atoms with E-state index in [1.54, 1.807) is 11.8 Å². The fraction of sp³-hybridized carbons (Fsp3) is 0.462. The third kappa shape index (κ3) is 8.96. The molecular weight excluding hydrogens is 530 g/mol. The van der Waals surface area contributed by atoms with Gasteiger partial charge in [0, 0.05) is 30.5 Å². The maximum atomic E-state index is 13.3. The second-order valence-electron chi connectivity index (χ2n) is 8.90. The highest BCUT2D eigenvalue weighted by Gasteiger charge is 2.26. The monoisotopic (exact) mass is 565 g/mol. The first-order chi connectivity index (χ1) is 16.4. The van der Waals surface area contributed by atoms with E-state index in [-0.39, 0.29) is 31.3 Å². The molecule has 7 nitrogen and oxygen atoms in total. The number of carbonyl (C=O) groups is 2. The van der Waals surface area contributed by atoms with Crippen LogP contribution >= 0.6 is 15.9 Å². The molecule has 2 aromatic rings. The van der Waals surface area contributed by atoms with Gasteiger partial charge in [-0.1, -0.05) is 41.1 Å². The van der Waals surface area contributed by atoms with E-state index in [0.717, 1.165) is 27.6 Å². The molecule has 35 heavy (non-hydrogen) atoms. The molecule has 192 valence electrons. The molecular formula is C26H36BrN3O4S. The first-order valence-electron chi connectivity index (χ1n) is 11.8. The van der Waals surface area contributed by atoms with Gasteiger partial charge >= 0.3 is 0 Å². The van der Waals surface area contributed by atoms with Crippen molar-refractivity contribution in [2.24, 2.45) is 0 Å². The molecule has 0 spiro atoms. The second kappa shape index (κ2) is 13.1. The van der Waals surface area contributed by atoms with Gasteiger partial charge in [0.15, 0.2) is 0 Å². The number of nitrogens with one attached hydrogen (secondary N) is 1. The number of aryl methyl sites for hydroxylation is 2. The summed E-state index contributed by atoms with van der Waals surface area (Å²) in [4.78, 5) is 27.5. The van der Waals surface area contributed by atoms with Crippen LogP contribution < -0.4 is 9.62 Å². The van der Waals surface area contributed by atoms with Crippen LogP contribution in [0.1, 0.15) is 49.8 Å². The standard InChI is InChI=1S/C26H36BrN3O4S/c1-6-12-28-26(32)21(4)29(18-22-9-7-10-23(27)17-22)25(31)11-8-13-30(35(5,33)34)24-15-19(2)14-20(3)16-24/h7,9-10,14-17,21H,6,8,11-13,18H2,1-5H3,(H,28,32)/t21-/m0/s1. The lowest BCUT2D eigenvalue weighted by Crippen LogP contribution is -2.47. The molecule has 0 heterocycles. The molecule has 2 rings (SSSR count). The van der Waals surface area contributed by atoms with Crippen molar-refractivity contribution < 1.29 is 18.0 Å². The summed E-state index contributed by atoms with van der Waals surface area (Å²) in [6.07, 6.45) is 2.43. The number of amides is 2. The molecule has 0 radical (unpaired) electrons. The molecule has 0 aliphatic heterocycles. The van der Waals surface area contributed by atoms with Crippen LogP contribution in [0.25, 0.3) is 0 Å². The van der Waals surface area contributed by atoms with Gasteiger partial charge in [-0.05, 0) is 74.6 Å². The Morgan fingerprint density at radius 1 is 1.09 bits per heavy atom. The highest BCUT2D eigenvalue weighted by Crippen LogP contribution is 2.22. The summed E-state index contributed by atoms with van der Waals surface area (Å²) in [5.41, 5.74) is 3.43. The smallest absolute Gasteiger partial charge is 0.242 e. The largest absolute Gasteiger partial charge is 0.354 e. The SMILES string of the molecule is CCCNC(=O)[C@H](C)N(Cc1cccc(Br)c1)C(=O)CCCN(c1cc(C)cc(C)c1)S(C)(=O)=O. The molecule has 0 saturated carbocycles. The van der Waals surface area contributed by atoms with Gasteiger partial charge in [0.2, 0.25) is 21.8 Å². The third-order valence-electron chi connectivity index (χ3n) is 5.61. The van der Waals surface area contributed by atoms with Crippen molar-refractivity contribution in [3.8, 4) is 0 Å². The Balaban J connectivity index is 2.18. The summed E-state index contributed by atoms with van der Waals surface area (Å²) in [7, 11) is -3.52. The van der Waals surface area contributed by atoms with E-state index in [1.165, 1.54) is 10.6 Å². The summed E-state index contributed by atoms with van der Waals surface area (Å²) in [5, 5.41) is 2.86. The Morgan fingerprint density at radius 3 is 2.31 bits per heavy atom. The molecule has 0 aromatic heterocycles. The van der Waals surface area contributed by atoms with Gasteiger partial charge in [0.05, 0.1) is 11.9 Å². The fourth-order valence-corrected chi connectivity index (χ4v) is 5.30. The number of halogens is 1. The molecule has 0 fully saturated rings. The first-order valence-corrected chi connectivity index (χ1v) is 14.4. The van der Waals surface area contributed by atoms with E-state index in [0.29, 0.717) is 18.7 Å². The van der Waals surface area contributed by atoms with Gasteiger partial charge in [0.25, 0.3) is 0 Å². The minimum atomic E-state index is -3.52. The van der Waals surface area contributed by atoms with Crippen LogP contribution in [0.15, 0.2) is 46.9 Å². The lowest BCUT2D eigenvalue weighted by molar-refractivity contribution is -0.140. The molecule has 1 N–H and O–H groups in total. The quantitative estimate of drug-likeness (QED) is 0.408. The van der Waals surface area contributed by atoms with E-state index in [9.17, 15) is 18.0 Å². The van der Waals surface area contributed by atoms with E-state index in [1.807, 2.05) is 63.2 Å². The van der Waals surface area contributed by atoms with Crippen molar-refractivity contribution in [2.75, 3.05) is 23.7 Å². The van der Waals surface area contributed by atoms with Gasteiger partial charge < -0.3 is 10.2 Å². The number of sulfonamides is 1. The number of rotatable bonds is 12. The Bertz CT molecular complexity index is 1120. The van der Waals surface area contributed by atoms with Gasteiger partial charge in [-0.3, -0.25) is 13.9 Å². The zero-order chi connectivity index (χ0) is 26.2. The normalized spacial score (nSPS) is 12.2. The van der Waals surface area contributed by atoms with Crippen molar-refractivity contribution in [3.63, 3.8) is 0 Å². The molecule has 2 aromatic carbocycles. The molecule has 0 aliphatic carbocycles. The van der Waals surface area contributed by atoms with Crippen molar-refractivity contribution >= 4 is 43.5 Å². The number of carbonyl (C=O) groups excluding carboxylic acids is 2. The fourth-order valence-electron chi connectivity index (χ4n) is 3.91. The summed E-state index contributed by atoms with van der Waals surface area (Å²) in [5.74, 6) is -0.402. The Hall–Kier alpha value is -2.39.